The fraction of sp³-hybridized carbons (Fsp3) is 0.412. The molecule has 7 nitrogen and oxygen atoms in total. The summed E-state index contributed by atoms with van der Waals surface area (Å²) in [6.07, 6.45) is 3.11. The van der Waals surface area contributed by atoms with Crippen molar-refractivity contribution in [3.8, 4) is 11.3 Å². The van der Waals surface area contributed by atoms with E-state index in [0.717, 1.165) is 23.1 Å². The molecule has 3 heterocycles. The average molecular weight is 429 g/mol. The van der Waals surface area contributed by atoms with Gasteiger partial charge >= 0.3 is 5.97 Å². The van der Waals surface area contributed by atoms with Crippen molar-refractivity contribution in [2.45, 2.75) is 31.2 Å². The van der Waals surface area contributed by atoms with Crippen molar-refractivity contribution in [2.75, 3.05) is 6.54 Å². The van der Waals surface area contributed by atoms with Gasteiger partial charge in [-0.15, -0.1) is 3.89 Å². The van der Waals surface area contributed by atoms with Crippen LogP contribution < -0.4 is 0 Å². The zero-order chi connectivity index (χ0) is 20.1. The third-order valence-corrected chi connectivity index (χ3v) is 6.00. The Bertz CT molecular complexity index is 966. The predicted molar refractivity (Wildman–Crippen MR) is 97.9 cm³/mol. The largest absolute Gasteiger partial charge is 0.481 e. The van der Waals surface area contributed by atoms with E-state index in [-0.39, 0.29) is 41.0 Å². The number of nitrogens with zero attached hydrogens (tertiary/aromatic N) is 4. The summed E-state index contributed by atoms with van der Waals surface area (Å²) in [5.74, 6) is -2.48. The van der Waals surface area contributed by atoms with Crippen LogP contribution in [0.25, 0.3) is 11.3 Å². The van der Waals surface area contributed by atoms with Crippen LogP contribution in [0, 0.1) is 11.7 Å². The normalized spacial score (nSPS) is 20.4. The maximum absolute atomic E-state index is 14.1. The van der Waals surface area contributed by atoms with Gasteiger partial charge in [-0.1, -0.05) is 11.6 Å². The van der Waals surface area contributed by atoms with Crippen LogP contribution in [-0.2, 0) is 4.79 Å². The number of carbonyl (C=O) groups excluding carboxylic acids is 1. The highest BCUT2D eigenvalue weighted by atomic mass is 35.5. The van der Waals surface area contributed by atoms with Crippen molar-refractivity contribution in [1.82, 2.24) is 19.1 Å². The van der Waals surface area contributed by atoms with Gasteiger partial charge in [0.25, 0.3) is 5.91 Å². The molecule has 1 saturated heterocycles. The quantitative estimate of drug-likeness (QED) is 0.749. The summed E-state index contributed by atoms with van der Waals surface area (Å²) >= 11 is 5.54. The number of aromatic nitrogens is 3. The molecule has 2 fully saturated rings. The average Bonchev–Trinajstić information content (AvgIpc) is 3.29. The molecule has 1 atom stereocenters. The third kappa shape index (κ3) is 3.24. The van der Waals surface area contributed by atoms with E-state index in [2.05, 4.69) is 10.1 Å². The molecular formula is C17H15ClF2N4O3S. The number of pyridine rings is 1. The lowest BCUT2D eigenvalue weighted by Crippen LogP contribution is -2.49. The first-order valence-electron chi connectivity index (χ1n) is 8.60. The van der Waals surface area contributed by atoms with Gasteiger partial charge in [-0.05, 0) is 37.8 Å². The maximum atomic E-state index is 14.1. The first kappa shape index (κ1) is 19.1. The molecule has 2 aliphatic rings. The molecule has 0 radical (unpaired) electrons. The molecule has 2 aromatic rings. The first-order chi connectivity index (χ1) is 13.3. The number of rotatable bonds is 4. The summed E-state index contributed by atoms with van der Waals surface area (Å²) < 4.78 is 28.3. The molecule has 1 spiro atoms. The van der Waals surface area contributed by atoms with Crippen molar-refractivity contribution in [3.63, 3.8) is 0 Å². The number of hydrogen-bond donors (Lipinski definition) is 1. The van der Waals surface area contributed by atoms with Crippen LogP contribution in [0.5, 0.6) is 0 Å². The number of carboxylic acids is 1. The summed E-state index contributed by atoms with van der Waals surface area (Å²) in [4.78, 5) is 29.6. The lowest BCUT2D eigenvalue weighted by Gasteiger charge is -2.38. The fourth-order valence-electron chi connectivity index (χ4n) is 3.79. The molecule has 2 aromatic heterocycles. The smallest absolute Gasteiger partial charge is 0.306 e. The molecule has 28 heavy (non-hydrogen) atoms. The van der Waals surface area contributed by atoms with Gasteiger partial charge in [-0.25, -0.2) is 9.37 Å². The molecule has 1 N–H and O–H groups in total. The molecule has 1 aliphatic carbocycles. The molecule has 148 valence electrons. The van der Waals surface area contributed by atoms with E-state index in [1.165, 1.54) is 12.1 Å². The lowest BCUT2D eigenvalue weighted by molar-refractivity contribution is -0.144. The molecule has 0 bridgehead atoms. The Kier molecular flexibility index (Phi) is 4.78. The number of halogens is 3. The summed E-state index contributed by atoms with van der Waals surface area (Å²) in [5, 5.41) is 13.3. The maximum Gasteiger partial charge on any atom is 0.306 e. The van der Waals surface area contributed by atoms with Crippen molar-refractivity contribution < 1.29 is 23.0 Å². The van der Waals surface area contributed by atoms with Crippen molar-refractivity contribution in [1.29, 1.82) is 0 Å². The van der Waals surface area contributed by atoms with E-state index in [9.17, 15) is 23.0 Å². The van der Waals surface area contributed by atoms with Gasteiger partial charge in [0.1, 0.15) is 5.15 Å². The highest BCUT2D eigenvalue weighted by Crippen LogP contribution is 2.50. The highest BCUT2D eigenvalue weighted by molar-refractivity contribution is 7.92. The van der Waals surface area contributed by atoms with Crippen LogP contribution in [0.4, 0.5) is 8.28 Å². The second-order valence-electron chi connectivity index (χ2n) is 7.05. The number of aliphatic carboxylic acids is 1. The Morgan fingerprint density at radius 2 is 2.11 bits per heavy atom. The Balaban J connectivity index is 1.65. The van der Waals surface area contributed by atoms with Gasteiger partial charge in [0.05, 0.1) is 17.8 Å². The monoisotopic (exact) mass is 428 g/mol. The van der Waals surface area contributed by atoms with Crippen LogP contribution in [0.1, 0.15) is 36.2 Å². The van der Waals surface area contributed by atoms with Crippen LogP contribution in [-0.4, -0.2) is 48.1 Å². The van der Waals surface area contributed by atoms with Gasteiger partial charge < -0.3 is 10.0 Å². The fourth-order valence-corrected chi connectivity index (χ4v) is 4.29. The van der Waals surface area contributed by atoms with Gasteiger partial charge in [-0.3, -0.25) is 9.59 Å². The third-order valence-electron chi connectivity index (χ3n) is 5.38. The molecule has 11 heteroatoms. The molecular weight excluding hydrogens is 414 g/mol. The highest BCUT2D eigenvalue weighted by Gasteiger charge is 2.54. The van der Waals surface area contributed by atoms with Crippen molar-refractivity contribution in [2.24, 2.45) is 5.92 Å². The number of likely N-dealkylation sites (tertiary alicyclic amines) is 1. The second-order valence-corrected chi connectivity index (χ2v) is 7.92. The standard InChI is InChI=1S/C17H15ClF2N4O3S/c18-14-5-10(11(19)8-21-14)13-6-12(22-24(13)28-20)15(25)23-4-1-9(16(26)27)7-17(23)2-3-17/h5-6,8-9H,1-4,7H2,(H,26,27). The molecule has 0 aromatic carbocycles. The number of carboxylic acid groups (broad SMARTS) is 1. The second kappa shape index (κ2) is 7.00. The number of amides is 1. The molecule has 1 saturated carbocycles. The Labute approximate surface area is 168 Å². The topological polar surface area (TPSA) is 88.3 Å². The van der Waals surface area contributed by atoms with Crippen LogP contribution in [0.15, 0.2) is 18.3 Å². The van der Waals surface area contributed by atoms with Crippen LogP contribution in [0.2, 0.25) is 5.15 Å². The SMILES string of the molecule is O=C(O)C1CCN(C(=O)c2cc(-c3cc(Cl)ncc3F)n(SF)n2)C2(CC2)C1. The summed E-state index contributed by atoms with van der Waals surface area (Å²) in [5.41, 5.74) is -0.492. The van der Waals surface area contributed by atoms with Crippen molar-refractivity contribution in [3.05, 3.63) is 35.0 Å². The zero-order valence-corrected chi connectivity index (χ0v) is 16.0. The minimum Gasteiger partial charge on any atom is -0.481 e. The van der Waals surface area contributed by atoms with E-state index in [4.69, 9.17) is 11.6 Å². The minimum atomic E-state index is -0.858. The van der Waals surface area contributed by atoms with Crippen LogP contribution in [0.3, 0.4) is 0 Å². The predicted octanol–water partition coefficient (Wildman–Crippen LogP) is 3.59. The van der Waals surface area contributed by atoms with E-state index in [0.29, 0.717) is 12.8 Å². The molecule has 1 amide bonds. The number of piperidine rings is 1. The molecule has 1 unspecified atom stereocenters. The van der Waals surface area contributed by atoms with Gasteiger partial charge in [0.15, 0.2) is 23.8 Å². The van der Waals surface area contributed by atoms with E-state index < -0.39 is 29.2 Å². The Morgan fingerprint density at radius 1 is 1.36 bits per heavy atom. The van der Waals surface area contributed by atoms with E-state index in [1.807, 2.05) is 0 Å². The number of carbonyl (C=O) groups is 2. The van der Waals surface area contributed by atoms with Crippen LogP contribution >= 0.6 is 23.9 Å². The van der Waals surface area contributed by atoms with Gasteiger partial charge in [-0.2, -0.15) is 9.19 Å². The molecule has 4 rings (SSSR count). The number of hydrogen-bond acceptors (Lipinski definition) is 5. The Hall–Kier alpha value is -2.20. The summed E-state index contributed by atoms with van der Waals surface area (Å²) in [7, 11) is 0. The van der Waals surface area contributed by atoms with Crippen molar-refractivity contribution >= 4 is 35.8 Å². The summed E-state index contributed by atoms with van der Waals surface area (Å²) in [6, 6.07) is 2.54. The first-order valence-corrected chi connectivity index (χ1v) is 9.65. The van der Waals surface area contributed by atoms with Gasteiger partial charge in [0.2, 0.25) is 0 Å². The zero-order valence-electron chi connectivity index (χ0n) is 14.4. The summed E-state index contributed by atoms with van der Waals surface area (Å²) in [6.45, 7) is 0.288. The van der Waals surface area contributed by atoms with Gasteiger partial charge in [0, 0.05) is 17.6 Å². The minimum absolute atomic E-state index is 0.0218. The Morgan fingerprint density at radius 3 is 2.75 bits per heavy atom. The van der Waals surface area contributed by atoms with E-state index in [1.54, 1.807) is 4.90 Å². The molecule has 1 aliphatic heterocycles. The van der Waals surface area contributed by atoms with E-state index >= 15 is 0 Å². The lowest BCUT2D eigenvalue weighted by atomic mass is 9.89.